The van der Waals surface area contributed by atoms with Crippen LogP contribution < -0.4 is 4.74 Å². The Morgan fingerprint density at radius 1 is 0.839 bits per heavy atom. The molecule has 0 atom stereocenters. The van der Waals surface area contributed by atoms with Crippen molar-refractivity contribution < 1.29 is 4.74 Å². The molecule has 1 fully saturated rings. The Bertz CT molecular complexity index is 812. The second-order valence-electron chi connectivity index (χ2n) is 8.91. The normalized spacial score (nSPS) is 14.3. The minimum absolute atomic E-state index is 0.629. The number of rotatable bonds is 12. The molecule has 0 heterocycles. The van der Waals surface area contributed by atoms with E-state index in [-0.39, 0.29) is 0 Å². The van der Waals surface area contributed by atoms with Crippen LogP contribution in [-0.2, 0) is 0 Å². The van der Waals surface area contributed by atoms with Gasteiger partial charge in [-0.25, -0.2) is 0 Å². The molecule has 0 amide bonds. The minimum atomic E-state index is 0.629. The third-order valence-corrected chi connectivity index (χ3v) is 6.51. The van der Waals surface area contributed by atoms with Gasteiger partial charge in [-0.15, -0.1) is 0 Å². The maximum atomic E-state index is 9.61. The lowest BCUT2D eigenvalue weighted by Crippen LogP contribution is -2.04. The predicted molar refractivity (Wildman–Crippen MR) is 130 cm³/mol. The lowest BCUT2D eigenvalue weighted by atomic mass is 9.83. The van der Waals surface area contributed by atoms with Crippen molar-refractivity contribution in [1.82, 2.24) is 0 Å². The summed E-state index contributed by atoms with van der Waals surface area (Å²) >= 11 is 0. The van der Waals surface area contributed by atoms with Gasteiger partial charge in [-0.3, -0.25) is 0 Å². The fourth-order valence-corrected chi connectivity index (χ4v) is 4.55. The van der Waals surface area contributed by atoms with Crippen LogP contribution in [0, 0.1) is 17.8 Å². The number of nitriles is 1. The smallest absolute Gasteiger partial charge is 0.137 e. The Morgan fingerprint density at radius 3 is 2.16 bits per heavy atom. The van der Waals surface area contributed by atoms with Crippen molar-refractivity contribution in [3.63, 3.8) is 0 Å². The van der Waals surface area contributed by atoms with Crippen molar-refractivity contribution in [1.29, 1.82) is 5.26 Å². The third-order valence-electron chi connectivity index (χ3n) is 6.51. The van der Waals surface area contributed by atoms with Crippen molar-refractivity contribution in [2.24, 2.45) is 0 Å². The molecular formula is C29H38NO. The van der Waals surface area contributed by atoms with Crippen LogP contribution in [0.25, 0.3) is 11.1 Å². The summed E-state index contributed by atoms with van der Waals surface area (Å²) in [6.07, 6.45) is 17.7. The van der Waals surface area contributed by atoms with E-state index in [1.807, 2.05) is 12.1 Å². The largest absolute Gasteiger partial charge is 0.492 e. The summed E-state index contributed by atoms with van der Waals surface area (Å²) in [5, 5.41) is 9.61. The molecular weight excluding hydrogens is 378 g/mol. The van der Waals surface area contributed by atoms with Crippen molar-refractivity contribution in [2.45, 2.75) is 89.9 Å². The molecule has 1 aliphatic carbocycles. The molecule has 0 aliphatic heterocycles. The van der Waals surface area contributed by atoms with Crippen LogP contribution in [-0.4, -0.2) is 6.61 Å². The molecule has 31 heavy (non-hydrogen) atoms. The molecule has 2 nitrogen and oxygen atoms in total. The van der Waals surface area contributed by atoms with E-state index < -0.39 is 0 Å². The summed E-state index contributed by atoms with van der Waals surface area (Å²) in [4.78, 5) is 0. The van der Waals surface area contributed by atoms with E-state index in [1.54, 1.807) is 0 Å². The van der Waals surface area contributed by atoms with Gasteiger partial charge in [0.05, 0.1) is 12.2 Å². The SMILES string of the molecule is CCCCCCCCCCOc1ccc(-c2ccc(C3CC[CH]CC3)cc2)cc1C#N. The first-order chi connectivity index (χ1) is 15.3. The molecule has 1 aliphatic rings. The van der Waals surface area contributed by atoms with Crippen LogP contribution in [0.15, 0.2) is 42.5 Å². The van der Waals surface area contributed by atoms with Crippen LogP contribution in [0.4, 0.5) is 0 Å². The highest BCUT2D eigenvalue weighted by molar-refractivity contribution is 5.67. The van der Waals surface area contributed by atoms with E-state index in [4.69, 9.17) is 4.74 Å². The lowest BCUT2D eigenvalue weighted by Gasteiger charge is -2.22. The topological polar surface area (TPSA) is 33.0 Å². The summed E-state index contributed by atoms with van der Waals surface area (Å²) in [6, 6.07) is 17.3. The zero-order valence-electron chi connectivity index (χ0n) is 19.2. The standard InChI is InChI=1S/C29H38NO/c1-2-3-4-5-6-7-8-12-21-31-29-20-19-27(22-28(29)23-30)26-17-15-25(16-18-26)24-13-10-9-11-14-24/h9,15-20,22,24H,2-8,10-14,21H2,1H3. The van der Waals surface area contributed by atoms with Crippen LogP contribution in [0.1, 0.15) is 101 Å². The van der Waals surface area contributed by atoms with E-state index in [0.29, 0.717) is 23.8 Å². The molecule has 0 spiro atoms. The molecule has 2 aromatic carbocycles. The van der Waals surface area contributed by atoms with Crippen LogP contribution in [0.5, 0.6) is 5.75 Å². The van der Waals surface area contributed by atoms with Gasteiger partial charge in [-0.05, 0) is 73.3 Å². The zero-order valence-corrected chi connectivity index (χ0v) is 19.2. The summed E-state index contributed by atoms with van der Waals surface area (Å²) in [7, 11) is 0. The Labute approximate surface area is 189 Å². The molecule has 2 heteroatoms. The lowest BCUT2D eigenvalue weighted by molar-refractivity contribution is 0.303. The van der Waals surface area contributed by atoms with Gasteiger partial charge in [-0.1, -0.05) is 82.2 Å². The van der Waals surface area contributed by atoms with Gasteiger partial charge in [0.15, 0.2) is 0 Å². The molecule has 1 radical (unpaired) electrons. The first-order valence-corrected chi connectivity index (χ1v) is 12.4. The van der Waals surface area contributed by atoms with E-state index in [2.05, 4.69) is 49.7 Å². The summed E-state index contributed by atoms with van der Waals surface area (Å²) in [6.45, 7) is 2.95. The Balaban J connectivity index is 1.48. The van der Waals surface area contributed by atoms with Crippen molar-refractivity contribution >= 4 is 0 Å². The number of hydrogen-bond donors (Lipinski definition) is 0. The van der Waals surface area contributed by atoms with Crippen molar-refractivity contribution in [3.8, 4) is 22.9 Å². The second-order valence-corrected chi connectivity index (χ2v) is 8.91. The molecule has 3 rings (SSSR count). The van der Waals surface area contributed by atoms with E-state index in [9.17, 15) is 5.26 Å². The number of nitrogens with zero attached hydrogens (tertiary/aromatic N) is 1. The maximum absolute atomic E-state index is 9.61. The van der Waals surface area contributed by atoms with E-state index in [1.165, 1.54) is 76.2 Å². The van der Waals surface area contributed by atoms with Crippen LogP contribution in [0.2, 0.25) is 0 Å². The maximum Gasteiger partial charge on any atom is 0.137 e. The van der Waals surface area contributed by atoms with Gasteiger partial charge >= 0.3 is 0 Å². The van der Waals surface area contributed by atoms with Crippen LogP contribution >= 0.6 is 0 Å². The van der Waals surface area contributed by atoms with Crippen LogP contribution in [0.3, 0.4) is 0 Å². The second kappa shape index (κ2) is 13.2. The zero-order chi connectivity index (χ0) is 21.7. The summed E-state index contributed by atoms with van der Waals surface area (Å²) < 4.78 is 5.94. The predicted octanol–water partition coefficient (Wildman–Crippen LogP) is 8.61. The van der Waals surface area contributed by atoms with Crippen molar-refractivity contribution in [3.05, 3.63) is 60.0 Å². The van der Waals surface area contributed by atoms with Gasteiger partial charge in [-0.2, -0.15) is 5.26 Å². The average Bonchev–Trinajstić information content (AvgIpc) is 2.83. The first-order valence-electron chi connectivity index (χ1n) is 12.4. The monoisotopic (exact) mass is 416 g/mol. The third kappa shape index (κ3) is 7.42. The fourth-order valence-electron chi connectivity index (χ4n) is 4.55. The minimum Gasteiger partial charge on any atom is -0.492 e. The number of unbranched alkanes of at least 4 members (excludes halogenated alkanes) is 7. The van der Waals surface area contributed by atoms with E-state index in [0.717, 1.165) is 17.5 Å². The molecule has 165 valence electrons. The molecule has 0 saturated heterocycles. The Hall–Kier alpha value is -2.27. The van der Waals surface area contributed by atoms with Crippen molar-refractivity contribution in [2.75, 3.05) is 6.61 Å². The highest BCUT2D eigenvalue weighted by Crippen LogP contribution is 2.34. The number of ether oxygens (including phenoxy) is 1. The highest BCUT2D eigenvalue weighted by Gasteiger charge is 2.15. The summed E-state index contributed by atoms with van der Waals surface area (Å²) in [5.41, 5.74) is 4.32. The van der Waals surface area contributed by atoms with Gasteiger partial charge in [0.2, 0.25) is 0 Å². The average molecular weight is 417 g/mol. The first kappa shape index (κ1) is 23.4. The number of benzene rings is 2. The summed E-state index contributed by atoms with van der Waals surface area (Å²) in [5.74, 6) is 1.41. The molecule has 2 aromatic rings. The number of hydrogen-bond acceptors (Lipinski definition) is 2. The molecule has 0 bridgehead atoms. The van der Waals surface area contributed by atoms with Gasteiger partial charge in [0, 0.05) is 0 Å². The Kier molecular flexibility index (Phi) is 9.97. The van der Waals surface area contributed by atoms with E-state index >= 15 is 0 Å². The molecule has 1 saturated carbocycles. The molecule has 0 unspecified atom stereocenters. The van der Waals surface area contributed by atoms with Gasteiger partial charge < -0.3 is 4.74 Å². The van der Waals surface area contributed by atoms with Gasteiger partial charge in [0.25, 0.3) is 0 Å². The highest BCUT2D eigenvalue weighted by atomic mass is 16.5. The van der Waals surface area contributed by atoms with Gasteiger partial charge in [0.1, 0.15) is 11.8 Å². The molecule has 0 aromatic heterocycles. The fraction of sp³-hybridized carbons (Fsp3) is 0.517. The Morgan fingerprint density at radius 2 is 1.48 bits per heavy atom. The molecule has 0 N–H and O–H groups in total. The quantitative estimate of drug-likeness (QED) is 0.324.